The second-order valence-corrected chi connectivity index (χ2v) is 6.71. The smallest absolute Gasteiger partial charge is 0.387 e. The molecule has 2 aromatic rings. The predicted molar refractivity (Wildman–Crippen MR) is 89.4 cm³/mol. The lowest BCUT2D eigenvalue weighted by molar-refractivity contribution is -0.130. The van der Waals surface area contributed by atoms with E-state index in [9.17, 15) is 13.6 Å². The molecule has 1 aliphatic heterocycles. The van der Waals surface area contributed by atoms with E-state index >= 15 is 0 Å². The number of likely N-dealkylation sites (tertiary alicyclic amines) is 1. The molecule has 2 heterocycles. The van der Waals surface area contributed by atoms with Crippen molar-refractivity contribution in [2.24, 2.45) is 0 Å². The molecule has 0 bridgehead atoms. The molecule has 6 nitrogen and oxygen atoms in total. The number of aromatic nitrogens is 3. The van der Waals surface area contributed by atoms with Crippen molar-refractivity contribution in [2.45, 2.75) is 31.9 Å². The van der Waals surface area contributed by atoms with E-state index in [4.69, 9.17) is 0 Å². The number of ether oxygens (including phenoxy) is 1. The molecule has 1 aromatic carbocycles. The molecule has 1 aromatic heterocycles. The number of hydrogen-bond acceptors (Lipinski definition) is 4. The average molecular weight is 415 g/mol. The van der Waals surface area contributed by atoms with Crippen molar-refractivity contribution in [3.8, 4) is 5.75 Å². The lowest BCUT2D eigenvalue weighted by atomic mass is 10.1. The van der Waals surface area contributed by atoms with E-state index in [1.54, 1.807) is 34.1 Å². The number of carbonyl (C=O) groups is 1. The molecule has 0 spiro atoms. The number of halogens is 3. The molecule has 134 valence electrons. The summed E-state index contributed by atoms with van der Waals surface area (Å²) in [7, 11) is 0. The Labute approximate surface area is 151 Å². The second kappa shape index (κ2) is 7.90. The molecule has 9 heteroatoms. The number of aryl methyl sites for hydroxylation is 1. The minimum Gasteiger partial charge on any atom is -0.435 e. The summed E-state index contributed by atoms with van der Waals surface area (Å²) >= 11 is 3.31. The summed E-state index contributed by atoms with van der Waals surface area (Å²) in [5, 5.41) is 7.75. The third kappa shape index (κ3) is 4.53. The van der Waals surface area contributed by atoms with Crippen LogP contribution in [0.3, 0.4) is 0 Å². The van der Waals surface area contributed by atoms with Gasteiger partial charge < -0.3 is 9.64 Å². The van der Waals surface area contributed by atoms with Crippen molar-refractivity contribution < 1.29 is 18.3 Å². The fraction of sp³-hybridized carbons (Fsp3) is 0.438. The van der Waals surface area contributed by atoms with Crippen LogP contribution in [0.25, 0.3) is 0 Å². The number of nitrogens with zero attached hydrogens (tertiary/aromatic N) is 4. The van der Waals surface area contributed by atoms with Gasteiger partial charge in [-0.1, -0.05) is 21.1 Å². The zero-order chi connectivity index (χ0) is 17.8. The molecule has 25 heavy (non-hydrogen) atoms. The fourth-order valence-electron chi connectivity index (χ4n) is 2.95. The van der Waals surface area contributed by atoms with E-state index in [1.807, 2.05) is 0 Å². The van der Waals surface area contributed by atoms with Gasteiger partial charge in [0.15, 0.2) is 0 Å². The van der Waals surface area contributed by atoms with Crippen LogP contribution in [0.2, 0.25) is 0 Å². The lowest BCUT2D eigenvalue weighted by Gasteiger charge is -2.17. The van der Waals surface area contributed by atoms with Crippen molar-refractivity contribution in [1.29, 1.82) is 0 Å². The van der Waals surface area contributed by atoms with Crippen LogP contribution in [0.4, 0.5) is 8.78 Å². The highest BCUT2D eigenvalue weighted by molar-refractivity contribution is 9.10. The van der Waals surface area contributed by atoms with Crippen LogP contribution in [0, 0.1) is 0 Å². The Morgan fingerprint density at radius 3 is 3.00 bits per heavy atom. The molecular weight excluding hydrogens is 398 g/mol. The molecule has 0 unspecified atom stereocenters. The fourth-order valence-corrected chi connectivity index (χ4v) is 3.36. The van der Waals surface area contributed by atoms with Crippen LogP contribution in [-0.4, -0.2) is 45.5 Å². The molecule has 0 aliphatic carbocycles. The average Bonchev–Trinajstić information content (AvgIpc) is 3.25. The summed E-state index contributed by atoms with van der Waals surface area (Å²) in [6.45, 7) is -1.65. The van der Waals surface area contributed by atoms with Gasteiger partial charge in [-0.15, -0.1) is 5.10 Å². The first-order chi connectivity index (χ1) is 12.0. The van der Waals surface area contributed by atoms with Gasteiger partial charge >= 0.3 is 6.61 Å². The van der Waals surface area contributed by atoms with Gasteiger partial charge in [-0.25, -0.2) is 4.68 Å². The van der Waals surface area contributed by atoms with E-state index in [0.717, 1.165) is 10.9 Å². The summed E-state index contributed by atoms with van der Waals surface area (Å²) < 4.78 is 32.0. The van der Waals surface area contributed by atoms with E-state index in [0.29, 0.717) is 25.1 Å². The van der Waals surface area contributed by atoms with Crippen LogP contribution < -0.4 is 4.74 Å². The molecule has 0 radical (unpaired) electrons. The summed E-state index contributed by atoms with van der Waals surface area (Å²) in [5.41, 5.74) is 0.579. The van der Waals surface area contributed by atoms with Gasteiger partial charge in [-0.05, 0) is 36.6 Å². The van der Waals surface area contributed by atoms with Crippen molar-refractivity contribution >= 4 is 21.8 Å². The van der Waals surface area contributed by atoms with Crippen molar-refractivity contribution in [1.82, 2.24) is 19.9 Å². The third-order valence-electron chi connectivity index (χ3n) is 4.18. The molecule has 1 fully saturated rings. The highest BCUT2D eigenvalue weighted by atomic mass is 79.9. The number of rotatable bonds is 6. The Kier molecular flexibility index (Phi) is 5.62. The molecule has 1 atom stereocenters. The highest BCUT2D eigenvalue weighted by Gasteiger charge is 2.27. The number of hydrogen-bond donors (Lipinski definition) is 0. The Morgan fingerprint density at radius 1 is 1.44 bits per heavy atom. The first-order valence-corrected chi connectivity index (χ1v) is 8.69. The maximum atomic E-state index is 12.5. The van der Waals surface area contributed by atoms with E-state index in [1.165, 1.54) is 6.07 Å². The van der Waals surface area contributed by atoms with E-state index in [-0.39, 0.29) is 24.1 Å². The van der Waals surface area contributed by atoms with Crippen LogP contribution >= 0.6 is 15.9 Å². The Morgan fingerprint density at radius 2 is 2.28 bits per heavy atom. The monoisotopic (exact) mass is 414 g/mol. The SMILES string of the molecule is O=C(CCc1cc(Br)ccc1OC(F)F)N1CC[C@H](n2ccnn2)C1. The largest absolute Gasteiger partial charge is 0.435 e. The molecule has 1 aliphatic rings. The summed E-state index contributed by atoms with van der Waals surface area (Å²) in [6.07, 6.45) is 4.80. The van der Waals surface area contributed by atoms with Crippen molar-refractivity contribution in [3.05, 3.63) is 40.6 Å². The quantitative estimate of drug-likeness (QED) is 0.728. The van der Waals surface area contributed by atoms with Crippen LogP contribution in [0.5, 0.6) is 5.75 Å². The number of benzene rings is 1. The van der Waals surface area contributed by atoms with E-state index in [2.05, 4.69) is 31.0 Å². The molecule has 3 rings (SSSR count). The first-order valence-electron chi connectivity index (χ1n) is 7.89. The summed E-state index contributed by atoms with van der Waals surface area (Å²) in [5.74, 6) is 0.0958. The lowest BCUT2D eigenvalue weighted by Crippen LogP contribution is -2.29. The summed E-state index contributed by atoms with van der Waals surface area (Å²) in [6, 6.07) is 4.95. The normalized spacial score (nSPS) is 17.3. The zero-order valence-electron chi connectivity index (χ0n) is 13.3. The van der Waals surface area contributed by atoms with Crippen LogP contribution in [0.15, 0.2) is 35.1 Å². The second-order valence-electron chi connectivity index (χ2n) is 5.80. The molecular formula is C16H17BrF2N4O2. The predicted octanol–water partition coefficient (Wildman–Crippen LogP) is 3.05. The Hall–Kier alpha value is -2.03. The van der Waals surface area contributed by atoms with E-state index < -0.39 is 6.61 Å². The topological polar surface area (TPSA) is 60.2 Å². The first kappa shape index (κ1) is 17.8. The van der Waals surface area contributed by atoms with Gasteiger partial charge in [0, 0.05) is 30.2 Å². The van der Waals surface area contributed by atoms with Gasteiger partial charge in [0.25, 0.3) is 0 Å². The van der Waals surface area contributed by atoms with Gasteiger partial charge in [0.05, 0.1) is 12.2 Å². The van der Waals surface area contributed by atoms with Crippen LogP contribution in [-0.2, 0) is 11.2 Å². The maximum absolute atomic E-state index is 12.5. The Balaban J connectivity index is 1.58. The number of alkyl halides is 2. The van der Waals surface area contributed by atoms with Gasteiger partial charge in [-0.3, -0.25) is 4.79 Å². The zero-order valence-corrected chi connectivity index (χ0v) is 14.9. The third-order valence-corrected chi connectivity index (χ3v) is 4.67. The van der Waals surface area contributed by atoms with Gasteiger partial charge in [0.2, 0.25) is 5.91 Å². The van der Waals surface area contributed by atoms with Gasteiger partial charge in [0.1, 0.15) is 5.75 Å². The molecule has 0 N–H and O–H groups in total. The van der Waals surface area contributed by atoms with Crippen molar-refractivity contribution in [2.75, 3.05) is 13.1 Å². The number of carbonyl (C=O) groups excluding carboxylic acids is 1. The van der Waals surface area contributed by atoms with Crippen LogP contribution in [0.1, 0.15) is 24.4 Å². The minimum absolute atomic E-state index is 0.00872. The Bertz CT molecular complexity index is 727. The van der Waals surface area contributed by atoms with Gasteiger partial charge in [-0.2, -0.15) is 8.78 Å². The summed E-state index contributed by atoms with van der Waals surface area (Å²) in [4.78, 5) is 14.2. The molecule has 0 saturated carbocycles. The number of amides is 1. The molecule has 1 amide bonds. The minimum atomic E-state index is -2.89. The standard InChI is InChI=1S/C16H17BrF2N4O2/c17-12-2-3-14(25-16(18)19)11(9-12)1-4-15(24)22-7-5-13(10-22)23-8-6-20-21-23/h2-3,6,8-9,13,16H,1,4-5,7,10H2/t13-/m0/s1. The molecule has 1 saturated heterocycles. The highest BCUT2D eigenvalue weighted by Crippen LogP contribution is 2.27. The van der Waals surface area contributed by atoms with Crippen molar-refractivity contribution in [3.63, 3.8) is 0 Å². The maximum Gasteiger partial charge on any atom is 0.387 e.